The van der Waals surface area contributed by atoms with Crippen molar-refractivity contribution in [2.75, 3.05) is 5.32 Å². The summed E-state index contributed by atoms with van der Waals surface area (Å²) in [5.74, 6) is 0.228. The number of carbonyl (C=O) groups is 1. The van der Waals surface area contributed by atoms with Gasteiger partial charge in [-0.15, -0.1) is 0 Å². The molecule has 0 saturated heterocycles. The number of benzene rings is 2. The number of hydrogen-bond acceptors (Lipinski definition) is 6. The normalized spacial score (nSPS) is 11.1. The molecule has 0 saturated carbocycles. The zero-order chi connectivity index (χ0) is 25.4. The van der Waals surface area contributed by atoms with E-state index in [4.69, 9.17) is 4.52 Å². The number of amides is 1. The minimum atomic E-state index is -0.289. The maximum Gasteiger partial charge on any atom is 0.263 e. The highest BCUT2D eigenvalue weighted by atomic mass is 16.5. The van der Waals surface area contributed by atoms with Crippen molar-refractivity contribution < 1.29 is 9.32 Å². The molecule has 0 fully saturated rings. The lowest BCUT2D eigenvalue weighted by Gasteiger charge is -2.14. The molecule has 5 rings (SSSR count). The van der Waals surface area contributed by atoms with Crippen LogP contribution in [0, 0.1) is 27.7 Å². The highest BCUT2D eigenvalue weighted by molar-refractivity contribution is 5.92. The van der Waals surface area contributed by atoms with Crippen molar-refractivity contribution in [2.45, 2.75) is 34.2 Å². The number of pyridine rings is 2. The highest BCUT2D eigenvalue weighted by Crippen LogP contribution is 2.23. The van der Waals surface area contributed by atoms with Gasteiger partial charge in [-0.3, -0.25) is 9.59 Å². The van der Waals surface area contributed by atoms with Gasteiger partial charge in [-0.1, -0.05) is 41.1 Å². The van der Waals surface area contributed by atoms with Crippen LogP contribution in [-0.2, 0) is 11.3 Å². The maximum atomic E-state index is 13.4. The smallest absolute Gasteiger partial charge is 0.263 e. The number of nitrogens with zero attached hydrogens (tertiary/aromatic N) is 4. The van der Waals surface area contributed by atoms with Crippen molar-refractivity contribution in [3.8, 4) is 22.8 Å². The van der Waals surface area contributed by atoms with Crippen molar-refractivity contribution in [3.63, 3.8) is 0 Å². The van der Waals surface area contributed by atoms with Gasteiger partial charge in [0.15, 0.2) is 0 Å². The summed E-state index contributed by atoms with van der Waals surface area (Å²) < 4.78 is 7.14. The fourth-order valence-corrected chi connectivity index (χ4v) is 4.10. The molecule has 1 amide bonds. The second-order valence-corrected chi connectivity index (χ2v) is 8.91. The molecule has 8 heteroatoms. The molecule has 2 aromatic carbocycles. The van der Waals surface area contributed by atoms with Crippen LogP contribution in [0.5, 0.6) is 0 Å². The molecular formula is C28H25N5O3. The molecule has 0 unspecified atom stereocenters. The summed E-state index contributed by atoms with van der Waals surface area (Å²) in [6.45, 7) is 7.72. The third kappa shape index (κ3) is 4.40. The Hall–Kier alpha value is -4.59. The van der Waals surface area contributed by atoms with Gasteiger partial charge in [0.1, 0.15) is 17.8 Å². The number of rotatable bonds is 5. The molecule has 1 N–H and O–H groups in total. The molecule has 3 aromatic heterocycles. The van der Waals surface area contributed by atoms with Crippen LogP contribution in [0.3, 0.4) is 0 Å². The summed E-state index contributed by atoms with van der Waals surface area (Å²) in [6, 6.07) is 16.9. The van der Waals surface area contributed by atoms with E-state index < -0.39 is 0 Å². The number of hydrogen-bond donors (Lipinski definition) is 1. The predicted octanol–water partition coefficient (Wildman–Crippen LogP) is 4.99. The number of aryl methyl sites for hydroxylation is 3. The van der Waals surface area contributed by atoms with E-state index >= 15 is 0 Å². The van der Waals surface area contributed by atoms with Crippen LogP contribution in [0.4, 0.5) is 5.69 Å². The van der Waals surface area contributed by atoms with E-state index in [2.05, 4.69) is 20.4 Å². The van der Waals surface area contributed by atoms with E-state index in [1.807, 2.05) is 70.2 Å². The molecule has 0 aliphatic heterocycles. The largest absolute Gasteiger partial charge is 0.333 e. The fraction of sp³-hybridized carbons (Fsp3) is 0.179. The van der Waals surface area contributed by atoms with Gasteiger partial charge >= 0.3 is 0 Å². The number of fused-ring (bicyclic) bond motifs is 1. The summed E-state index contributed by atoms with van der Waals surface area (Å²) >= 11 is 0. The van der Waals surface area contributed by atoms with E-state index in [9.17, 15) is 9.59 Å². The zero-order valence-corrected chi connectivity index (χ0v) is 20.5. The van der Waals surface area contributed by atoms with Crippen LogP contribution in [0.25, 0.3) is 33.9 Å². The molecule has 0 radical (unpaired) electrons. The second kappa shape index (κ2) is 9.22. The minimum Gasteiger partial charge on any atom is -0.333 e. The molecule has 0 spiro atoms. The van der Waals surface area contributed by atoms with Crippen LogP contribution in [0.1, 0.15) is 22.4 Å². The Labute approximate surface area is 207 Å². The Morgan fingerprint density at radius 3 is 2.61 bits per heavy atom. The average molecular weight is 480 g/mol. The first kappa shape index (κ1) is 23.2. The maximum absolute atomic E-state index is 13.4. The first-order valence-electron chi connectivity index (χ1n) is 11.6. The van der Waals surface area contributed by atoms with E-state index in [0.29, 0.717) is 16.9 Å². The van der Waals surface area contributed by atoms with Gasteiger partial charge < -0.3 is 14.4 Å². The molecule has 3 heterocycles. The van der Waals surface area contributed by atoms with Crippen LogP contribution in [-0.4, -0.2) is 25.6 Å². The monoisotopic (exact) mass is 479 g/mol. The summed E-state index contributed by atoms with van der Waals surface area (Å²) in [7, 11) is 0. The fourth-order valence-electron chi connectivity index (χ4n) is 4.10. The number of anilines is 1. The SMILES string of the molecule is Cc1cccc(-c2noc(-c3cn(CC(=O)Nc4cccc(C)c4C)c4nc(C)ccc4c3=O)n2)c1. The standard InChI is InChI=1S/C28H25N5O3/c1-16-7-5-9-20(13-16)26-31-28(36-32-26)22-14-33(27-21(25(22)35)12-11-18(3)29-27)15-24(34)30-23-10-6-8-17(2)19(23)4/h5-14H,15H2,1-4H3,(H,30,34). The van der Waals surface area contributed by atoms with Crippen molar-refractivity contribution in [2.24, 2.45) is 0 Å². The lowest BCUT2D eigenvalue weighted by molar-refractivity contribution is -0.116. The van der Waals surface area contributed by atoms with Crippen LogP contribution >= 0.6 is 0 Å². The van der Waals surface area contributed by atoms with Crippen LogP contribution in [0.2, 0.25) is 0 Å². The van der Waals surface area contributed by atoms with E-state index in [0.717, 1.165) is 33.6 Å². The minimum absolute atomic E-state index is 0.0491. The van der Waals surface area contributed by atoms with Gasteiger partial charge in [0.25, 0.3) is 5.89 Å². The summed E-state index contributed by atoms with van der Waals surface area (Å²) in [6.07, 6.45) is 1.56. The molecule has 0 atom stereocenters. The van der Waals surface area contributed by atoms with Gasteiger partial charge in [-0.25, -0.2) is 4.98 Å². The molecular weight excluding hydrogens is 454 g/mol. The number of aromatic nitrogens is 4. The molecule has 0 aliphatic carbocycles. The number of nitrogens with one attached hydrogen (secondary N) is 1. The first-order chi connectivity index (χ1) is 17.3. The molecule has 5 aromatic rings. The van der Waals surface area contributed by atoms with Crippen LogP contribution in [0.15, 0.2) is 70.1 Å². The van der Waals surface area contributed by atoms with E-state index in [1.165, 1.54) is 0 Å². The van der Waals surface area contributed by atoms with Gasteiger partial charge in [-0.2, -0.15) is 4.98 Å². The Morgan fingerprint density at radius 2 is 1.81 bits per heavy atom. The van der Waals surface area contributed by atoms with E-state index in [1.54, 1.807) is 22.9 Å². The van der Waals surface area contributed by atoms with Gasteiger partial charge in [0.2, 0.25) is 17.2 Å². The quantitative estimate of drug-likeness (QED) is 0.381. The molecule has 8 nitrogen and oxygen atoms in total. The summed E-state index contributed by atoms with van der Waals surface area (Å²) in [4.78, 5) is 35.4. The lowest BCUT2D eigenvalue weighted by atomic mass is 10.1. The van der Waals surface area contributed by atoms with Crippen molar-refractivity contribution in [1.82, 2.24) is 19.7 Å². The third-order valence-electron chi connectivity index (χ3n) is 6.19. The topological polar surface area (TPSA) is 103 Å². The van der Waals surface area contributed by atoms with Crippen molar-refractivity contribution in [1.29, 1.82) is 0 Å². The second-order valence-electron chi connectivity index (χ2n) is 8.91. The molecule has 0 aliphatic rings. The van der Waals surface area contributed by atoms with Crippen LogP contribution < -0.4 is 10.7 Å². The molecule has 180 valence electrons. The van der Waals surface area contributed by atoms with E-state index in [-0.39, 0.29) is 29.3 Å². The molecule has 36 heavy (non-hydrogen) atoms. The highest BCUT2D eigenvalue weighted by Gasteiger charge is 2.19. The van der Waals surface area contributed by atoms with Crippen molar-refractivity contribution >= 4 is 22.6 Å². The predicted molar refractivity (Wildman–Crippen MR) is 139 cm³/mol. The number of carbonyl (C=O) groups excluding carboxylic acids is 1. The Bertz CT molecular complexity index is 1680. The van der Waals surface area contributed by atoms with Gasteiger partial charge in [-0.05, 0) is 63.1 Å². The average Bonchev–Trinajstić information content (AvgIpc) is 3.34. The summed E-state index contributed by atoms with van der Waals surface area (Å²) in [5, 5.41) is 7.41. The third-order valence-corrected chi connectivity index (χ3v) is 6.19. The Morgan fingerprint density at radius 1 is 1.00 bits per heavy atom. The van der Waals surface area contributed by atoms with Crippen molar-refractivity contribution in [3.05, 3.63) is 93.4 Å². The lowest BCUT2D eigenvalue weighted by Crippen LogP contribution is -2.22. The van der Waals surface area contributed by atoms with Gasteiger partial charge in [0.05, 0.1) is 5.39 Å². The van der Waals surface area contributed by atoms with Gasteiger partial charge in [0, 0.05) is 23.1 Å². The summed E-state index contributed by atoms with van der Waals surface area (Å²) in [5.41, 5.74) is 5.74. The Kier molecular flexibility index (Phi) is 5.93. The Balaban J connectivity index is 1.56. The molecule has 0 bridgehead atoms. The zero-order valence-electron chi connectivity index (χ0n) is 20.5. The first-order valence-corrected chi connectivity index (χ1v) is 11.6.